The predicted molar refractivity (Wildman–Crippen MR) is 72.5 cm³/mol. The molecule has 4 nitrogen and oxygen atoms in total. The number of aromatic nitrogens is 2. The fourth-order valence-electron chi connectivity index (χ4n) is 1.97. The van der Waals surface area contributed by atoms with Crippen LogP contribution < -0.4 is 5.73 Å². The molecular formula is C13H16ClN3O. The number of hydrogen-bond acceptors (Lipinski definition) is 3. The van der Waals surface area contributed by atoms with E-state index in [1.807, 2.05) is 26.1 Å². The summed E-state index contributed by atoms with van der Waals surface area (Å²) < 4.78 is 1.70. The highest BCUT2D eigenvalue weighted by molar-refractivity contribution is 6.31. The molecule has 0 aliphatic rings. The van der Waals surface area contributed by atoms with Gasteiger partial charge in [0.05, 0.1) is 22.5 Å². The largest absolute Gasteiger partial charge is 0.399 e. The van der Waals surface area contributed by atoms with E-state index in [-0.39, 0.29) is 0 Å². The van der Waals surface area contributed by atoms with Gasteiger partial charge in [-0.1, -0.05) is 23.7 Å². The maximum absolute atomic E-state index is 10.2. The maximum Gasteiger partial charge on any atom is 0.0848 e. The van der Waals surface area contributed by atoms with E-state index < -0.39 is 6.10 Å². The van der Waals surface area contributed by atoms with Crippen molar-refractivity contribution < 1.29 is 5.11 Å². The summed E-state index contributed by atoms with van der Waals surface area (Å²) in [5.74, 6) is 0. The number of nitrogens with zero attached hydrogens (tertiary/aromatic N) is 2. The zero-order valence-corrected chi connectivity index (χ0v) is 11.1. The Hall–Kier alpha value is -1.52. The molecule has 0 fully saturated rings. The van der Waals surface area contributed by atoms with E-state index in [0.717, 1.165) is 17.0 Å². The Morgan fingerprint density at radius 1 is 1.50 bits per heavy atom. The summed E-state index contributed by atoms with van der Waals surface area (Å²) in [4.78, 5) is 0. The minimum atomic E-state index is -0.638. The van der Waals surface area contributed by atoms with Gasteiger partial charge in [-0.25, -0.2) is 0 Å². The first-order valence-corrected chi connectivity index (χ1v) is 6.08. The highest BCUT2D eigenvalue weighted by atomic mass is 35.5. The van der Waals surface area contributed by atoms with Crippen LogP contribution >= 0.6 is 11.6 Å². The zero-order chi connectivity index (χ0) is 13.3. The number of nitrogens with two attached hydrogens (primary N) is 1. The molecule has 1 atom stereocenters. The number of anilines is 1. The molecule has 18 heavy (non-hydrogen) atoms. The Morgan fingerprint density at radius 2 is 2.22 bits per heavy atom. The van der Waals surface area contributed by atoms with Gasteiger partial charge in [0.2, 0.25) is 0 Å². The van der Waals surface area contributed by atoms with Crippen molar-refractivity contribution in [2.75, 3.05) is 5.73 Å². The van der Waals surface area contributed by atoms with Gasteiger partial charge in [-0.2, -0.15) is 5.10 Å². The van der Waals surface area contributed by atoms with Crippen LogP contribution in [0.3, 0.4) is 0 Å². The van der Waals surface area contributed by atoms with Crippen LogP contribution in [-0.4, -0.2) is 14.9 Å². The van der Waals surface area contributed by atoms with E-state index in [4.69, 9.17) is 17.3 Å². The van der Waals surface area contributed by atoms with Crippen LogP contribution in [0.4, 0.5) is 5.69 Å². The minimum Gasteiger partial charge on any atom is -0.399 e. The van der Waals surface area contributed by atoms with Gasteiger partial charge in [0.15, 0.2) is 0 Å². The third kappa shape index (κ3) is 2.49. The third-order valence-corrected chi connectivity index (χ3v) is 3.44. The highest BCUT2D eigenvalue weighted by Gasteiger charge is 2.16. The SMILES string of the molecule is Cc1nn(C)c(CC(O)c2cccc(N)c2)c1Cl. The molecule has 1 aromatic heterocycles. The first-order valence-electron chi connectivity index (χ1n) is 5.70. The van der Waals surface area contributed by atoms with Gasteiger partial charge in [-0.05, 0) is 24.6 Å². The number of nitrogen functional groups attached to an aromatic ring is 1. The molecule has 0 spiro atoms. The molecule has 2 aromatic rings. The van der Waals surface area contributed by atoms with E-state index in [1.165, 1.54) is 0 Å². The fourth-order valence-corrected chi connectivity index (χ4v) is 2.21. The van der Waals surface area contributed by atoms with E-state index in [2.05, 4.69) is 5.10 Å². The Balaban J connectivity index is 2.24. The van der Waals surface area contributed by atoms with Crippen molar-refractivity contribution >= 4 is 17.3 Å². The fraction of sp³-hybridized carbons (Fsp3) is 0.308. The van der Waals surface area contributed by atoms with E-state index in [0.29, 0.717) is 17.1 Å². The molecule has 0 saturated carbocycles. The summed E-state index contributed by atoms with van der Waals surface area (Å²) in [6, 6.07) is 7.22. The van der Waals surface area contributed by atoms with Gasteiger partial charge >= 0.3 is 0 Å². The van der Waals surface area contributed by atoms with Crippen LogP contribution in [-0.2, 0) is 13.5 Å². The number of aliphatic hydroxyl groups is 1. The summed E-state index contributed by atoms with van der Waals surface area (Å²) in [5, 5.41) is 15.0. The average Bonchev–Trinajstić information content (AvgIpc) is 2.56. The van der Waals surface area contributed by atoms with E-state index in [1.54, 1.807) is 16.8 Å². The van der Waals surface area contributed by atoms with Gasteiger partial charge in [0.1, 0.15) is 0 Å². The summed E-state index contributed by atoms with van der Waals surface area (Å²) in [6.45, 7) is 1.85. The van der Waals surface area contributed by atoms with Gasteiger partial charge in [0, 0.05) is 19.2 Å². The Morgan fingerprint density at radius 3 is 2.78 bits per heavy atom. The zero-order valence-electron chi connectivity index (χ0n) is 10.4. The highest BCUT2D eigenvalue weighted by Crippen LogP contribution is 2.26. The number of rotatable bonds is 3. The molecule has 1 heterocycles. The number of halogens is 1. The standard InChI is InChI=1S/C13H16ClN3O/c1-8-13(14)11(17(2)16-8)7-12(18)9-4-3-5-10(15)6-9/h3-6,12,18H,7,15H2,1-2H3. The van der Waals surface area contributed by atoms with Crippen molar-refractivity contribution in [3.05, 3.63) is 46.2 Å². The van der Waals surface area contributed by atoms with Crippen molar-refractivity contribution in [3.63, 3.8) is 0 Å². The lowest BCUT2D eigenvalue weighted by Crippen LogP contribution is -2.07. The van der Waals surface area contributed by atoms with Crippen molar-refractivity contribution in [3.8, 4) is 0 Å². The first kappa shape index (κ1) is 12.9. The normalized spacial score (nSPS) is 12.7. The molecule has 1 unspecified atom stereocenters. The average molecular weight is 266 g/mol. The second-order valence-electron chi connectivity index (χ2n) is 4.36. The van der Waals surface area contributed by atoms with Crippen LogP contribution in [0.5, 0.6) is 0 Å². The van der Waals surface area contributed by atoms with Gasteiger partial charge in [-0.3, -0.25) is 4.68 Å². The quantitative estimate of drug-likeness (QED) is 0.837. The van der Waals surface area contributed by atoms with Gasteiger partial charge in [0.25, 0.3) is 0 Å². The van der Waals surface area contributed by atoms with Crippen molar-refractivity contribution in [1.82, 2.24) is 9.78 Å². The number of aryl methyl sites for hydroxylation is 2. The minimum absolute atomic E-state index is 0.416. The van der Waals surface area contributed by atoms with Crippen LogP contribution in [0, 0.1) is 6.92 Å². The molecule has 5 heteroatoms. The van der Waals surface area contributed by atoms with Crippen LogP contribution in [0.1, 0.15) is 23.1 Å². The van der Waals surface area contributed by atoms with E-state index >= 15 is 0 Å². The molecule has 0 radical (unpaired) electrons. The molecule has 96 valence electrons. The maximum atomic E-state index is 10.2. The molecule has 0 aliphatic heterocycles. The predicted octanol–water partition coefficient (Wildman–Crippen LogP) is 2.24. The third-order valence-electron chi connectivity index (χ3n) is 2.94. The first-order chi connectivity index (χ1) is 8.49. The van der Waals surface area contributed by atoms with Gasteiger partial charge in [-0.15, -0.1) is 0 Å². The summed E-state index contributed by atoms with van der Waals surface area (Å²) in [6.07, 6.45) is -0.222. The Labute approximate surface area is 111 Å². The second kappa shape index (κ2) is 5.00. The van der Waals surface area contributed by atoms with Crippen molar-refractivity contribution in [1.29, 1.82) is 0 Å². The summed E-state index contributed by atoms with van der Waals surface area (Å²) >= 11 is 6.16. The van der Waals surface area contributed by atoms with Crippen LogP contribution in [0.25, 0.3) is 0 Å². The molecule has 0 bridgehead atoms. The van der Waals surface area contributed by atoms with Gasteiger partial charge < -0.3 is 10.8 Å². The number of hydrogen-bond donors (Lipinski definition) is 2. The lowest BCUT2D eigenvalue weighted by molar-refractivity contribution is 0.176. The lowest BCUT2D eigenvalue weighted by Gasteiger charge is -2.12. The molecule has 1 aromatic carbocycles. The molecule has 3 N–H and O–H groups in total. The molecule has 0 aliphatic carbocycles. The molecule has 2 rings (SSSR count). The summed E-state index contributed by atoms with van der Waals surface area (Å²) in [5.41, 5.74) is 8.71. The summed E-state index contributed by atoms with van der Waals surface area (Å²) in [7, 11) is 1.82. The topological polar surface area (TPSA) is 64.1 Å². The van der Waals surface area contributed by atoms with Crippen LogP contribution in [0.15, 0.2) is 24.3 Å². The van der Waals surface area contributed by atoms with E-state index in [9.17, 15) is 5.11 Å². The Bertz CT molecular complexity index is 565. The molecule has 0 amide bonds. The van der Waals surface area contributed by atoms with Crippen LogP contribution in [0.2, 0.25) is 5.02 Å². The van der Waals surface area contributed by atoms with Crippen molar-refractivity contribution in [2.24, 2.45) is 7.05 Å². The molecular weight excluding hydrogens is 250 g/mol. The second-order valence-corrected chi connectivity index (χ2v) is 4.74. The molecule has 0 saturated heterocycles. The Kier molecular flexibility index (Phi) is 3.59. The number of benzene rings is 1. The lowest BCUT2D eigenvalue weighted by atomic mass is 10.0. The van der Waals surface area contributed by atoms with Crippen molar-refractivity contribution in [2.45, 2.75) is 19.4 Å². The number of aliphatic hydroxyl groups excluding tert-OH is 1. The smallest absolute Gasteiger partial charge is 0.0848 e. The monoisotopic (exact) mass is 265 g/mol.